The van der Waals surface area contributed by atoms with Crippen molar-refractivity contribution in [3.63, 3.8) is 0 Å². The van der Waals surface area contributed by atoms with Gasteiger partial charge in [0.25, 0.3) is 0 Å². The summed E-state index contributed by atoms with van der Waals surface area (Å²) in [4.78, 5) is 0. The smallest absolute Gasteiger partial charge is 0.123 e. The van der Waals surface area contributed by atoms with E-state index in [1.165, 1.54) is 16.7 Å². The van der Waals surface area contributed by atoms with Gasteiger partial charge in [-0.25, -0.2) is 0 Å². The van der Waals surface area contributed by atoms with Crippen LogP contribution in [0.25, 0.3) is 0 Å². The third-order valence-electron chi connectivity index (χ3n) is 3.42. The zero-order valence-electron chi connectivity index (χ0n) is 11.8. The van der Waals surface area contributed by atoms with Crippen molar-refractivity contribution in [1.82, 2.24) is 5.32 Å². The van der Waals surface area contributed by atoms with Gasteiger partial charge in [-0.15, -0.1) is 0 Å². The molecule has 0 radical (unpaired) electrons. The quantitative estimate of drug-likeness (QED) is 0.883. The van der Waals surface area contributed by atoms with E-state index in [1.54, 1.807) is 7.11 Å². The fraction of sp³-hybridized carbons (Fsp3) is 0.294. The molecule has 2 heteroatoms. The summed E-state index contributed by atoms with van der Waals surface area (Å²) in [6, 6.07) is 17.1. The first-order chi connectivity index (χ1) is 9.24. The number of ether oxygens (including phenoxy) is 1. The monoisotopic (exact) mass is 255 g/mol. The highest BCUT2D eigenvalue weighted by molar-refractivity contribution is 5.37. The molecule has 0 saturated heterocycles. The van der Waals surface area contributed by atoms with Crippen molar-refractivity contribution in [2.45, 2.75) is 19.4 Å². The average molecular weight is 255 g/mol. The summed E-state index contributed by atoms with van der Waals surface area (Å²) in [5, 5.41) is 3.38. The summed E-state index contributed by atoms with van der Waals surface area (Å²) in [5.41, 5.74) is 3.82. The van der Waals surface area contributed by atoms with Crippen molar-refractivity contribution in [3.8, 4) is 5.75 Å². The molecule has 2 rings (SSSR count). The first-order valence-electron chi connectivity index (χ1n) is 6.60. The molecule has 0 aliphatic heterocycles. The molecule has 19 heavy (non-hydrogen) atoms. The van der Waals surface area contributed by atoms with Crippen molar-refractivity contribution in [2.75, 3.05) is 14.2 Å². The number of aryl methyl sites for hydroxylation is 1. The van der Waals surface area contributed by atoms with Crippen molar-refractivity contribution in [2.24, 2.45) is 0 Å². The lowest BCUT2D eigenvalue weighted by atomic mass is 9.97. The Morgan fingerprint density at radius 3 is 2.37 bits per heavy atom. The van der Waals surface area contributed by atoms with E-state index < -0.39 is 0 Å². The minimum Gasteiger partial charge on any atom is -0.496 e. The molecule has 0 spiro atoms. The highest BCUT2D eigenvalue weighted by atomic mass is 16.5. The van der Waals surface area contributed by atoms with E-state index in [1.807, 2.05) is 19.2 Å². The molecule has 0 amide bonds. The summed E-state index contributed by atoms with van der Waals surface area (Å²) in [6.07, 6.45) is 0.956. The van der Waals surface area contributed by atoms with Gasteiger partial charge in [0, 0.05) is 11.6 Å². The zero-order chi connectivity index (χ0) is 13.7. The molecule has 0 saturated carbocycles. The van der Waals surface area contributed by atoms with Crippen LogP contribution in [-0.4, -0.2) is 14.2 Å². The van der Waals surface area contributed by atoms with Crippen LogP contribution >= 0.6 is 0 Å². The number of likely N-dealkylation sites (N-methyl/N-ethyl adjacent to an activating group) is 1. The molecule has 1 unspecified atom stereocenters. The van der Waals surface area contributed by atoms with E-state index in [2.05, 4.69) is 48.6 Å². The Hall–Kier alpha value is -1.80. The topological polar surface area (TPSA) is 21.3 Å². The Morgan fingerprint density at radius 1 is 1.05 bits per heavy atom. The van der Waals surface area contributed by atoms with E-state index in [0.29, 0.717) is 0 Å². The second kappa shape index (κ2) is 6.39. The van der Waals surface area contributed by atoms with Gasteiger partial charge in [0.2, 0.25) is 0 Å². The number of methoxy groups -OCH3 is 1. The van der Waals surface area contributed by atoms with Crippen LogP contribution < -0.4 is 10.1 Å². The molecular formula is C17H21NO. The zero-order valence-corrected chi connectivity index (χ0v) is 11.8. The molecule has 2 nitrogen and oxygen atoms in total. The third-order valence-corrected chi connectivity index (χ3v) is 3.42. The second-order valence-corrected chi connectivity index (χ2v) is 4.77. The van der Waals surface area contributed by atoms with Crippen LogP contribution in [0.1, 0.15) is 22.7 Å². The van der Waals surface area contributed by atoms with E-state index in [4.69, 9.17) is 4.74 Å². The molecule has 2 aromatic carbocycles. The first kappa shape index (κ1) is 13.6. The normalized spacial score (nSPS) is 12.2. The summed E-state index contributed by atoms with van der Waals surface area (Å²) in [7, 11) is 3.71. The van der Waals surface area contributed by atoms with Crippen molar-refractivity contribution in [3.05, 3.63) is 65.2 Å². The number of rotatable bonds is 5. The molecule has 1 atom stereocenters. The highest BCUT2D eigenvalue weighted by Crippen LogP contribution is 2.27. The molecule has 0 aliphatic carbocycles. The van der Waals surface area contributed by atoms with Gasteiger partial charge >= 0.3 is 0 Å². The number of para-hydroxylation sites is 1. The van der Waals surface area contributed by atoms with Crippen LogP contribution in [0.4, 0.5) is 0 Å². The highest BCUT2D eigenvalue weighted by Gasteiger charge is 2.14. The summed E-state index contributed by atoms with van der Waals surface area (Å²) < 4.78 is 5.44. The Morgan fingerprint density at radius 2 is 1.74 bits per heavy atom. The Bertz CT molecular complexity index is 519. The van der Waals surface area contributed by atoms with Crippen LogP contribution in [0.3, 0.4) is 0 Å². The fourth-order valence-corrected chi connectivity index (χ4v) is 2.28. The second-order valence-electron chi connectivity index (χ2n) is 4.77. The molecule has 100 valence electrons. The third kappa shape index (κ3) is 3.36. The van der Waals surface area contributed by atoms with E-state index >= 15 is 0 Å². The molecule has 0 aromatic heterocycles. The van der Waals surface area contributed by atoms with Gasteiger partial charge in [-0.1, -0.05) is 48.0 Å². The predicted octanol–water partition coefficient (Wildman–Crippen LogP) is 3.51. The fourth-order valence-electron chi connectivity index (χ4n) is 2.28. The maximum atomic E-state index is 5.44. The van der Waals surface area contributed by atoms with E-state index in [9.17, 15) is 0 Å². The SMILES string of the molecule is CNC(Cc1ccc(C)cc1)c1ccccc1OC. The van der Waals surface area contributed by atoms with Crippen LogP contribution in [0, 0.1) is 6.92 Å². The van der Waals surface area contributed by atoms with E-state index in [0.717, 1.165) is 12.2 Å². The Kier molecular flexibility index (Phi) is 4.58. The molecule has 0 heterocycles. The van der Waals surface area contributed by atoms with Gasteiger partial charge < -0.3 is 10.1 Å². The van der Waals surface area contributed by atoms with Crippen LogP contribution in [-0.2, 0) is 6.42 Å². The molecule has 2 aromatic rings. The number of hydrogen-bond acceptors (Lipinski definition) is 2. The predicted molar refractivity (Wildman–Crippen MR) is 79.7 cm³/mol. The lowest BCUT2D eigenvalue weighted by molar-refractivity contribution is 0.401. The van der Waals surface area contributed by atoms with Crippen LogP contribution in [0.5, 0.6) is 5.75 Å². The van der Waals surface area contributed by atoms with Gasteiger partial charge in [-0.3, -0.25) is 0 Å². The summed E-state index contributed by atoms with van der Waals surface area (Å²) in [6.45, 7) is 2.11. The summed E-state index contributed by atoms with van der Waals surface area (Å²) in [5.74, 6) is 0.939. The lowest BCUT2D eigenvalue weighted by Crippen LogP contribution is -2.19. The van der Waals surface area contributed by atoms with Gasteiger partial charge in [0.15, 0.2) is 0 Å². The summed E-state index contributed by atoms with van der Waals surface area (Å²) >= 11 is 0. The van der Waals surface area contributed by atoms with Gasteiger partial charge in [-0.05, 0) is 32.0 Å². The minimum absolute atomic E-state index is 0.263. The van der Waals surface area contributed by atoms with Gasteiger partial charge in [-0.2, -0.15) is 0 Å². The molecule has 0 fully saturated rings. The van der Waals surface area contributed by atoms with Crippen LogP contribution in [0.2, 0.25) is 0 Å². The molecule has 0 aliphatic rings. The molecular weight excluding hydrogens is 234 g/mol. The molecule has 1 N–H and O–H groups in total. The maximum Gasteiger partial charge on any atom is 0.123 e. The van der Waals surface area contributed by atoms with Gasteiger partial charge in [0.05, 0.1) is 7.11 Å². The standard InChI is InChI=1S/C17H21NO/c1-13-8-10-14(11-9-13)12-16(18-2)15-6-4-5-7-17(15)19-3/h4-11,16,18H,12H2,1-3H3. The van der Waals surface area contributed by atoms with E-state index in [-0.39, 0.29) is 6.04 Å². The van der Waals surface area contributed by atoms with Crippen molar-refractivity contribution < 1.29 is 4.74 Å². The first-order valence-corrected chi connectivity index (χ1v) is 6.60. The maximum absolute atomic E-state index is 5.44. The number of hydrogen-bond donors (Lipinski definition) is 1. The average Bonchev–Trinajstić information content (AvgIpc) is 2.46. The largest absolute Gasteiger partial charge is 0.496 e. The lowest BCUT2D eigenvalue weighted by Gasteiger charge is -2.19. The Labute approximate surface area is 115 Å². The van der Waals surface area contributed by atoms with Crippen molar-refractivity contribution in [1.29, 1.82) is 0 Å². The minimum atomic E-state index is 0.263. The number of nitrogens with one attached hydrogen (secondary N) is 1. The van der Waals surface area contributed by atoms with Crippen LogP contribution in [0.15, 0.2) is 48.5 Å². The molecule has 0 bridgehead atoms. The number of benzene rings is 2. The van der Waals surface area contributed by atoms with Gasteiger partial charge in [0.1, 0.15) is 5.75 Å². The Balaban J connectivity index is 2.22. The van der Waals surface area contributed by atoms with Crippen molar-refractivity contribution >= 4 is 0 Å².